The number of thiophene rings is 1. The van der Waals surface area contributed by atoms with Crippen molar-refractivity contribution in [3.8, 4) is 0 Å². The lowest BCUT2D eigenvalue weighted by molar-refractivity contribution is 0.0945. The van der Waals surface area contributed by atoms with Crippen molar-refractivity contribution in [2.75, 3.05) is 6.54 Å². The van der Waals surface area contributed by atoms with Crippen LogP contribution in [0, 0.1) is 5.92 Å². The van der Waals surface area contributed by atoms with Gasteiger partial charge >= 0.3 is 0 Å². The maximum atomic E-state index is 11.9. The van der Waals surface area contributed by atoms with Crippen LogP contribution in [0.25, 0.3) is 0 Å². The Hall–Kier alpha value is 0.130. The Labute approximate surface area is 122 Å². The van der Waals surface area contributed by atoms with Gasteiger partial charge in [0, 0.05) is 16.8 Å². The van der Waals surface area contributed by atoms with Crippen molar-refractivity contribution in [1.29, 1.82) is 0 Å². The Bertz CT molecular complexity index is 394. The third-order valence-corrected chi connectivity index (χ3v) is 5.88. The van der Waals surface area contributed by atoms with E-state index in [1.807, 2.05) is 11.4 Å². The number of alkyl halides is 1. The van der Waals surface area contributed by atoms with Crippen LogP contribution in [0.15, 0.2) is 15.2 Å². The van der Waals surface area contributed by atoms with Crippen molar-refractivity contribution in [2.24, 2.45) is 5.92 Å². The molecule has 0 spiro atoms. The summed E-state index contributed by atoms with van der Waals surface area (Å²) in [5.74, 6) is 0.618. The summed E-state index contributed by atoms with van der Waals surface area (Å²) in [6.45, 7) is 0.780. The van der Waals surface area contributed by atoms with Crippen LogP contribution < -0.4 is 5.32 Å². The maximum Gasteiger partial charge on any atom is 0.252 e. The van der Waals surface area contributed by atoms with Crippen molar-refractivity contribution in [2.45, 2.75) is 30.5 Å². The number of halogens is 2. The van der Waals surface area contributed by atoms with Gasteiger partial charge < -0.3 is 5.32 Å². The number of amides is 1. The fourth-order valence-electron chi connectivity index (χ4n) is 2.15. The molecule has 1 saturated carbocycles. The normalized spacial score (nSPS) is 24.6. The molecule has 2 nitrogen and oxygen atoms in total. The molecule has 5 heteroatoms. The minimum Gasteiger partial charge on any atom is -0.352 e. The van der Waals surface area contributed by atoms with E-state index in [0.29, 0.717) is 10.7 Å². The van der Waals surface area contributed by atoms with Crippen molar-refractivity contribution >= 4 is 49.1 Å². The predicted molar refractivity (Wildman–Crippen MR) is 79.0 cm³/mol. The van der Waals surface area contributed by atoms with Crippen molar-refractivity contribution in [3.05, 3.63) is 20.8 Å². The molecule has 1 heterocycles. The van der Waals surface area contributed by atoms with Gasteiger partial charge in [0.05, 0.1) is 9.35 Å². The molecule has 1 aliphatic carbocycles. The fourth-order valence-corrected chi connectivity index (χ4v) is 4.06. The molecular weight excluding hydrogens is 366 g/mol. The summed E-state index contributed by atoms with van der Waals surface area (Å²) in [4.78, 5) is 12.4. The summed E-state index contributed by atoms with van der Waals surface area (Å²) in [6.07, 6.45) is 5.03. The van der Waals surface area contributed by atoms with Gasteiger partial charge in [0.1, 0.15) is 0 Å². The van der Waals surface area contributed by atoms with E-state index in [1.54, 1.807) is 11.3 Å². The number of hydrogen-bond donors (Lipinski definition) is 1. The van der Waals surface area contributed by atoms with Crippen LogP contribution >= 0.6 is 43.2 Å². The predicted octanol–water partition coefficient (Wildman–Crippen LogP) is 4.19. The molecule has 2 unspecified atom stereocenters. The maximum absolute atomic E-state index is 11.9. The van der Waals surface area contributed by atoms with E-state index < -0.39 is 0 Å². The number of rotatable bonds is 3. The quantitative estimate of drug-likeness (QED) is 0.782. The van der Waals surface area contributed by atoms with Crippen LogP contribution in [0.4, 0.5) is 0 Å². The van der Waals surface area contributed by atoms with Gasteiger partial charge in [0.25, 0.3) is 5.91 Å². The number of carbonyl (C=O) groups excluding carboxylic acids is 1. The molecule has 17 heavy (non-hydrogen) atoms. The molecule has 0 saturated heterocycles. The first-order valence-corrected chi connectivity index (χ1v) is 8.42. The van der Waals surface area contributed by atoms with Gasteiger partial charge in [0.2, 0.25) is 0 Å². The molecule has 0 bridgehead atoms. The molecule has 0 radical (unpaired) electrons. The third-order valence-electron chi connectivity index (χ3n) is 3.17. The van der Waals surface area contributed by atoms with E-state index in [0.717, 1.165) is 15.9 Å². The van der Waals surface area contributed by atoms with Gasteiger partial charge in [-0.05, 0) is 40.8 Å². The standard InChI is InChI=1S/C12H15Br2NOS/c13-10-4-2-1-3-8(10)6-15-12(16)9-5-11(14)17-7-9/h5,7-8,10H,1-4,6H2,(H,15,16). The second-order valence-electron chi connectivity index (χ2n) is 4.41. The molecule has 0 aromatic carbocycles. The Balaban J connectivity index is 1.83. The summed E-state index contributed by atoms with van der Waals surface area (Å²) in [7, 11) is 0. The molecule has 1 aromatic rings. The first-order chi connectivity index (χ1) is 8.16. The van der Waals surface area contributed by atoms with Gasteiger partial charge in [-0.15, -0.1) is 11.3 Å². The molecule has 2 rings (SSSR count). The van der Waals surface area contributed by atoms with E-state index in [9.17, 15) is 4.79 Å². The highest BCUT2D eigenvalue weighted by Crippen LogP contribution is 2.29. The highest BCUT2D eigenvalue weighted by atomic mass is 79.9. The van der Waals surface area contributed by atoms with Crippen LogP contribution in [0.3, 0.4) is 0 Å². The molecule has 1 fully saturated rings. The van der Waals surface area contributed by atoms with E-state index in [1.165, 1.54) is 25.7 Å². The smallest absolute Gasteiger partial charge is 0.252 e. The molecule has 2 atom stereocenters. The molecule has 1 amide bonds. The molecule has 1 aliphatic rings. The molecule has 1 aromatic heterocycles. The highest BCUT2D eigenvalue weighted by molar-refractivity contribution is 9.11. The molecular formula is C12H15Br2NOS. The number of nitrogens with one attached hydrogen (secondary N) is 1. The lowest BCUT2D eigenvalue weighted by atomic mass is 9.89. The second kappa shape index (κ2) is 6.34. The van der Waals surface area contributed by atoms with Gasteiger partial charge in [-0.3, -0.25) is 4.79 Å². The van der Waals surface area contributed by atoms with Crippen LogP contribution in [0.2, 0.25) is 0 Å². The van der Waals surface area contributed by atoms with Crippen LogP contribution in [0.1, 0.15) is 36.0 Å². The van der Waals surface area contributed by atoms with Crippen molar-refractivity contribution < 1.29 is 4.79 Å². The Morgan fingerprint density at radius 3 is 2.88 bits per heavy atom. The van der Waals surface area contributed by atoms with Crippen molar-refractivity contribution in [1.82, 2.24) is 5.32 Å². The summed E-state index contributed by atoms with van der Waals surface area (Å²) in [5.41, 5.74) is 0.754. The first kappa shape index (κ1) is 13.6. The Kier molecular flexibility index (Phi) is 5.06. The topological polar surface area (TPSA) is 29.1 Å². The summed E-state index contributed by atoms with van der Waals surface area (Å²) in [5, 5.41) is 4.91. The molecule has 94 valence electrons. The zero-order chi connectivity index (χ0) is 12.3. The minimum absolute atomic E-state index is 0.0391. The van der Waals surface area contributed by atoms with Gasteiger partial charge in [-0.25, -0.2) is 0 Å². The monoisotopic (exact) mass is 379 g/mol. The average molecular weight is 381 g/mol. The van der Waals surface area contributed by atoms with E-state index in [2.05, 4.69) is 37.2 Å². The second-order valence-corrected chi connectivity index (χ2v) is 7.88. The zero-order valence-corrected chi connectivity index (χ0v) is 13.4. The number of carbonyl (C=O) groups is 1. The van der Waals surface area contributed by atoms with Crippen LogP contribution in [0.5, 0.6) is 0 Å². The largest absolute Gasteiger partial charge is 0.352 e. The van der Waals surface area contributed by atoms with Gasteiger partial charge in [-0.2, -0.15) is 0 Å². The number of hydrogen-bond acceptors (Lipinski definition) is 2. The zero-order valence-electron chi connectivity index (χ0n) is 9.42. The first-order valence-electron chi connectivity index (χ1n) is 5.83. The van der Waals surface area contributed by atoms with Crippen LogP contribution in [-0.4, -0.2) is 17.3 Å². The van der Waals surface area contributed by atoms with E-state index in [-0.39, 0.29) is 5.91 Å². The SMILES string of the molecule is O=C(NCC1CCCCC1Br)c1csc(Br)c1. The van der Waals surface area contributed by atoms with Crippen LogP contribution in [-0.2, 0) is 0 Å². The Morgan fingerprint density at radius 2 is 2.24 bits per heavy atom. The molecule has 1 N–H and O–H groups in total. The lowest BCUT2D eigenvalue weighted by Crippen LogP contribution is -2.34. The average Bonchev–Trinajstić information content (AvgIpc) is 2.74. The highest BCUT2D eigenvalue weighted by Gasteiger charge is 2.23. The van der Waals surface area contributed by atoms with E-state index >= 15 is 0 Å². The van der Waals surface area contributed by atoms with Gasteiger partial charge in [-0.1, -0.05) is 28.8 Å². The van der Waals surface area contributed by atoms with E-state index in [4.69, 9.17) is 0 Å². The summed E-state index contributed by atoms with van der Waals surface area (Å²) >= 11 is 8.62. The van der Waals surface area contributed by atoms with Gasteiger partial charge in [0.15, 0.2) is 0 Å². The summed E-state index contributed by atoms with van der Waals surface area (Å²) < 4.78 is 0.999. The fraction of sp³-hybridized carbons (Fsp3) is 0.583. The molecule has 0 aliphatic heterocycles. The van der Waals surface area contributed by atoms with Crippen molar-refractivity contribution in [3.63, 3.8) is 0 Å². The minimum atomic E-state index is 0.0391. The third kappa shape index (κ3) is 3.80. The Morgan fingerprint density at radius 1 is 1.47 bits per heavy atom. The lowest BCUT2D eigenvalue weighted by Gasteiger charge is -2.27. The summed E-state index contributed by atoms with van der Waals surface area (Å²) in [6, 6.07) is 1.87.